The molecule has 0 aliphatic carbocycles. The standard InChI is InChI=1S/C8H15NS/c1-6-7(9-10-5)8(2,3)4/h6H,1H2,2-5H3/b9-7+. The lowest BCUT2D eigenvalue weighted by molar-refractivity contribution is 0.596. The number of hydrogen-bond acceptors (Lipinski definition) is 2. The Morgan fingerprint density at radius 3 is 2.10 bits per heavy atom. The molecule has 0 bridgehead atoms. The van der Waals surface area contributed by atoms with E-state index in [9.17, 15) is 0 Å². The highest BCUT2D eigenvalue weighted by molar-refractivity contribution is 7.97. The third kappa shape index (κ3) is 3.06. The molecule has 0 fully saturated rings. The van der Waals surface area contributed by atoms with Crippen molar-refractivity contribution in [3.8, 4) is 0 Å². The first-order chi connectivity index (χ1) is 4.52. The minimum Gasteiger partial charge on any atom is -0.221 e. The Labute approximate surface area is 67.8 Å². The molecule has 0 aliphatic rings. The van der Waals surface area contributed by atoms with Crippen molar-refractivity contribution in [3.05, 3.63) is 12.7 Å². The lowest BCUT2D eigenvalue weighted by atomic mass is 9.90. The Hall–Kier alpha value is -0.240. The van der Waals surface area contributed by atoms with Crippen molar-refractivity contribution in [2.45, 2.75) is 20.8 Å². The smallest absolute Gasteiger partial charge is 0.0534 e. The average molecular weight is 157 g/mol. The maximum absolute atomic E-state index is 4.23. The highest BCUT2D eigenvalue weighted by Gasteiger charge is 2.15. The molecule has 58 valence electrons. The number of rotatable bonds is 2. The number of allylic oxidation sites excluding steroid dienone is 1. The van der Waals surface area contributed by atoms with Gasteiger partial charge in [-0.15, -0.1) is 0 Å². The van der Waals surface area contributed by atoms with E-state index in [4.69, 9.17) is 0 Å². The molecule has 0 saturated carbocycles. The molecule has 10 heavy (non-hydrogen) atoms. The molecule has 0 atom stereocenters. The van der Waals surface area contributed by atoms with Crippen molar-refractivity contribution in [2.24, 2.45) is 9.81 Å². The lowest BCUT2D eigenvalue weighted by Gasteiger charge is -2.17. The molecule has 0 rings (SSSR count). The molecule has 0 aromatic rings. The van der Waals surface area contributed by atoms with Crippen LogP contribution < -0.4 is 0 Å². The molecule has 0 aromatic carbocycles. The summed E-state index contributed by atoms with van der Waals surface area (Å²) in [7, 11) is 0. The van der Waals surface area contributed by atoms with Crippen LogP contribution >= 0.6 is 11.9 Å². The van der Waals surface area contributed by atoms with E-state index in [1.807, 2.05) is 12.3 Å². The van der Waals surface area contributed by atoms with Gasteiger partial charge in [0.05, 0.1) is 5.71 Å². The summed E-state index contributed by atoms with van der Waals surface area (Å²) >= 11 is 1.48. The lowest BCUT2D eigenvalue weighted by Crippen LogP contribution is -2.16. The Morgan fingerprint density at radius 2 is 2.00 bits per heavy atom. The summed E-state index contributed by atoms with van der Waals surface area (Å²) in [5, 5.41) is 0. The molecular formula is C8H15NS. The van der Waals surface area contributed by atoms with Crippen molar-refractivity contribution in [3.63, 3.8) is 0 Å². The summed E-state index contributed by atoms with van der Waals surface area (Å²) in [6, 6.07) is 0. The van der Waals surface area contributed by atoms with Gasteiger partial charge in [-0.1, -0.05) is 27.4 Å². The molecule has 0 heterocycles. The zero-order valence-corrected chi connectivity index (χ0v) is 7.96. The Bertz CT molecular complexity index is 142. The van der Waals surface area contributed by atoms with Gasteiger partial charge in [0.15, 0.2) is 0 Å². The molecule has 0 amide bonds. The van der Waals surface area contributed by atoms with Crippen LogP contribution in [-0.4, -0.2) is 12.0 Å². The first-order valence-electron chi connectivity index (χ1n) is 3.26. The van der Waals surface area contributed by atoms with Gasteiger partial charge in [-0.2, -0.15) is 0 Å². The van der Waals surface area contributed by atoms with Crippen LogP contribution in [0.5, 0.6) is 0 Å². The molecule has 0 saturated heterocycles. The zero-order chi connectivity index (χ0) is 8.20. The summed E-state index contributed by atoms with van der Waals surface area (Å²) < 4.78 is 4.23. The zero-order valence-electron chi connectivity index (χ0n) is 7.14. The van der Waals surface area contributed by atoms with Crippen LogP contribution in [0.25, 0.3) is 0 Å². The van der Waals surface area contributed by atoms with Crippen LogP contribution in [0.1, 0.15) is 20.8 Å². The van der Waals surface area contributed by atoms with Gasteiger partial charge >= 0.3 is 0 Å². The third-order valence-electron chi connectivity index (χ3n) is 1.15. The van der Waals surface area contributed by atoms with Crippen molar-refractivity contribution in [2.75, 3.05) is 6.26 Å². The summed E-state index contributed by atoms with van der Waals surface area (Å²) in [4.78, 5) is 0. The van der Waals surface area contributed by atoms with E-state index in [1.54, 1.807) is 0 Å². The molecule has 0 unspecified atom stereocenters. The molecule has 0 spiro atoms. The summed E-state index contributed by atoms with van der Waals surface area (Å²) in [5.74, 6) is 0. The maximum atomic E-state index is 4.23. The predicted molar refractivity (Wildman–Crippen MR) is 50.6 cm³/mol. The van der Waals surface area contributed by atoms with Crippen molar-refractivity contribution in [1.29, 1.82) is 0 Å². The van der Waals surface area contributed by atoms with Gasteiger partial charge in [-0.25, -0.2) is 4.40 Å². The first-order valence-corrected chi connectivity index (χ1v) is 4.44. The van der Waals surface area contributed by atoms with Crippen LogP contribution in [0.2, 0.25) is 0 Å². The molecule has 0 aliphatic heterocycles. The highest BCUT2D eigenvalue weighted by atomic mass is 32.2. The van der Waals surface area contributed by atoms with E-state index in [1.165, 1.54) is 11.9 Å². The Kier molecular flexibility index (Phi) is 3.72. The van der Waals surface area contributed by atoms with E-state index in [2.05, 4.69) is 31.7 Å². The second-order valence-corrected chi connectivity index (χ2v) is 3.66. The molecule has 0 N–H and O–H groups in total. The SMILES string of the molecule is C=C/C(=N\SC)C(C)(C)C. The normalized spacial score (nSPS) is 13.4. The predicted octanol–water partition coefficient (Wildman–Crippen LogP) is 2.94. The average Bonchev–Trinajstić information content (AvgIpc) is 1.80. The number of hydrogen-bond donors (Lipinski definition) is 0. The molecular weight excluding hydrogens is 142 g/mol. The van der Waals surface area contributed by atoms with Crippen LogP contribution in [-0.2, 0) is 0 Å². The molecule has 0 radical (unpaired) electrons. The monoisotopic (exact) mass is 157 g/mol. The molecule has 2 heteroatoms. The van der Waals surface area contributed by atoms with E-state index >= 15 is 0 Å². The topological polar surface area (TPSA) is 12.4 Å². The van der Waals surface area contributed by atoms with Crippen LogP contribution in [0.4, 0.5) is 0 Å². The fourth-order valence-corrected chi connectivity index (χ4v) is 1.12. The van der Waals surface area contributed by atoms with Crippen LogP contribution in [0, 0.1) is 5.41 Å². The maximum Gasteiger partial charge on any atom is 0.0534 e. The summed E-state index contributed by atoms with van der Waals surface area (Å²) in [6.45, 7) is 10.1. The Balaban J connectivity index is 4.36. The van der Waals surface area contributed by atoms with Gasteiger partial charge in [0, 0.05) is 11.7 Å². The van der Waals surface area contributed by atoms with Crippen molar-refractivity contribution < 1.29 is 0 Å². The number of nitrogens with zero attached hydrogens (tertiary/aromatic N) is 1. The van der Waals surface area contributed by atoms with Gasteiger partial charge < -0.3 is 0 Å². The van der Waals surface area contributed by atoms with Crippen LogP contribution in [0.15, 0.2) is 17.1 Å². The molecule has 0 aromatic heterocycles. The van der Waals surface area contributed by atoms with Crippen LogP contribution in [0.3, 0.4) is 0 Å². The highest BCUT2D eigenvalue weighted by Crippen LogP contribution is 2.18. The molecule has 1 nitrogen and oxygen atoms in total. The largest absolute Gasteiger partial charge is 0.221 e. The van der Waals surface area contributed by atoms with E-state index in [0.717, 1.165) is 5.71 Å². The van der Waals surface area contributed by atoms with Crippen molar-refractivity contribution >= 4 is 17.7 Å². The van der Waals surface area contributed by atoms with E-state index in [0.29, 0.717) is 0 Å². The van der Waals surface area contributed by atoms with E-state index in [-0.39, 0.29) is 5.41 Å². The second kappa shape index (κ2) is 3.81. The Morgan fingerprint density at radius 1 is 1.50 bits per heavy atom. The summed E-state index contributed by atoms with van der Waals surface area (Å²) in [5.41, 5.74) is 1.19. The minimum atomic E-state index is 0.130. The second-order valence-electron chi connectivity index (χ2n) is 3.11. The summed E-state index contributed by atoms with van der Waals surface area (Å²) in [6.07, 6.45) is 3.77. The van der Waals surface area contributed by atoms with E-state index < -0.39 is 0 Å². The fraction of sp³-hybridized carbons (Fsp3) is 0.625. The minimum absolute atomic E-state index is 0.130. The van der Waals surface area contributed by atoms with Gasteiger partial charge in [-0.3, -0.25) is 0 Å². The van der Waals surface area contributed by atoms with Crippen molar-refractivity contribution in [1.82, 2.24) is 0 Å². The third-order valence-corrected chi connectivity index (χ3v) is 1.53. The van der Waals surface area contributed by atoms with Gasteiger partial charge in [0.2, 0.25) is 0 Å². The van der Waals surface area contributed by atoms with Gasteiger partial charge in [0.1, 0.15) is 0 Å². The van der Waals surface area contributed by atoms with Gasteiger partial charge in [-0.05, 0) is 18.0 Å². The first kappa shape index (κ1) is 9.76. The fourth-order valence-electron chi connectivity index (χ4n) is 0.579. The van der Waals surface area contributed by atoms with Gasteiger partial charge in [0.25, 0.3) is 0 Å². The quantitative estimate of drug-likeness (QED) is 0.443.